The summed E-state index contributed by atoms with van der Waals surface area (Å²) < 4.78 is 18.9. The molecule has 0 unspecified atom stereocenters. The molecule has 5 heteroatoms. The summed E-state index contributed by atoms with van der Waals surface area (Å²) in [7, 11) is -2.74. The third kappa shape index (κ3) is 2.51. The van der Waals surface area contributed by atoms with Gasteiger partial charge in [0.25, 0.3) is 0 Å². The molecule has 0 aliphatic carbocycles. The fourth-order valence-electron chi connectivity index (χ4n) is 0.963. The number of hydrogen-bond acceptors (Lipinski definition) is 4. The van der Waals surface area contributed by atoms with Crippen molar-refractivity contribution in [1.82, 2.24) is 9.97 Å². The largest absolute Gasteiger partial charge is 0.248 e. The second-order valence-electron chi connectivity index (χ2n) is 4.34. The van der Waals surface area contributed by atoms with Crippen molar-refractivity contribution in [3.8, 4) is 0 Å². The van der Waals surface area contributed by atoms with Crippen LogP contribution in [0.25, 0.3) is 0 Å². The van der Waals surface area contributed by atoms with Crippen molar-refractivity contribution in [1.29, 1.82) is 4.78 Å². The first-order valence-electron chi connectivity index (χ1n) is 4.27. The Hall–Kier alpha value is -0.970. The van der Waals surface area contributed by atoms with Crippen LogP contribution >= 0.6 is 0 Å². The fourth-order valence-corrected chi connectivity index (χ4v) is 1.55. The minimum Gasteiger partial charge on any atom is -0.248 e. The molecule has 14 heavy (non-hydrogen) atoms. The summed E-state index contributed by atoms with van der Waals surface area (Å²) in [5, 5.41) is 0.303. The Balaban J connectivity index is 3.29. The molecular weight excluding hydrogens is 198 g/mol. The topological polar surface area (TPSA) is 66.7 Å². The van der Waals surface area contributed by atoms with E-state index in [0.717, 1.165) is 5.69 Å². The number of nitrogens with one attached hydrogen (secondary N) is 1. The molecule has 4 nitrogen and oxygen atoms in total. The summed E-state index contributed by atoms with van der Waals surface area (Å²) in [6, 6.07) is 1.65. The molecule has 78 valence electrons. The number of nitrogens with zero attached hydrogens (tertiary/aromatic N) is 2. The predicted molar refractivity (Wildman–Crippen MR) is 55.8 cm³/mol. The Morgan fingerprint density at radius 1 is 1.36 bits per heavy atom. The molecule has 0 amide bonds. The van der Waals surface area contributed by atoms with Crippen LogP contribution in [-0.2, 0) is 15.1 Å². The highest BCUT2D eigenvalue weighted by Gasteiger charge is 2.17. The molecule has 0 saturated carbocycles. The number of hydrogen-bond donors (Lipinski definition) is 1. The highest BCUT2D eigenvalue weighted by Crippen LogP contribution is 2.20. The molecule has 0 aliphatic heterocycles. The Labute approximate surface area is 84.8 Å². The van der Waals surface area contributed by atoms with Crippen molar-refractivity contribution in [2.45, 2.75) is 31.2 Å². The maximum atomic E-state index is 11.4. The van der Waals surface area contributed by atoms with Crippen LogP contribution in [0, 0.1) is 4.78 Å². The quantitative estimate of drug-likeness (QED) is 0.723. The van der Waals surface area contributed by atoms with Gasteiger partial charge in [0.15, 0.2) is 0 Å². The molecule has 1 heterocycles. The van der Waals surface area contributed by atoms with Gasteiger partial charge in [-0.1, -0.05) is 20.8 Å². The lowest BCUT2D eigenvalue weighted by Gasteiger charge is -2.17. The average molecular weight is 213 g/mol. The summed E-state index contributed by atoms with van der Waals surface area (Å²) in [6.45, 7) is 6.04. The summed E-state index contributed by atoms with van der Waals surface area (Å²) in [6.07, 6.45) is 2.73. The summed E-state index contributed by atoms with van der Waals surface area (Å²) in [5.41, 5.74) is 0.701. The second-order valence-corrected chi connectivity index (χ2v) is 6.44. The van der Waals surface area contributed by atoms with E-state index >= 15 is 0 Å². The molecule has 0 bridgehead atoms. The molecule has 1 rings (SSSR count). The molecule has 0 spiro atoms. The van der Waals surface area contributed by atoms with E-state index in [9.17, 15) is 4.21 Å². The van der Waals surface area contributed by atoms with Crippen molar-refractivity contribution in [2.24, 2.45) is 0 Å². The van der Waals surface area contributed by atoms with Gasteiger partial charge in [-0.05, 0) is 6.07 Å². The lowest BCUT2D eigenvalue weighted by atomic mass is 9.92. The molecule has 0 aromatic carbocycles. The maximum Gasteiger partial charge on any atom is 0.138 e. The summed E-state index contributed by atoms with van der Waals surface area (Å²) in [5.74, 6) is 0. The van der Waals surface area contributed by atoms with E-state index in [-0.39, 0.29) is 5.41 Å². The highest BCUT2D eigenvalue weighted by molar-refractivity contribution is 7.91. The molecule has 0 radical (unpaired) electrons. The molecule has 0 aliphatic rings. The standard InChI is InChI=1S/C9H15N3OS/c1-9(2,3)7-5-8(12-6-11-7)14(4,10)13/h5-6,10H,1-4H3/t14-/m0/s1. The monoisotopic (exact) mass is 213 g/mol. The SMILES string of the molecule is CC(C)(C)c1cc([S@@](C)(=N)=O)ncn1. The predicted octanol–water partition coefficient (Wildman–Crippen LogP) is 1.81. The molecule has 1 atom stereocenters. The molecular formula is C9H15N3OS. The van der Waals surface area contributed by atoms with E-state index in [1.807, 2.05) is 20.8 Å². The van der Waals surface area contributed by atoms with Crippen molar-refractivity contribution in [2.75, 3.05) is 6.26 Å². The van der Waals surface area contributed by atoms with Crippen LogP contribution in [0.2, 0.25) is 0 Å². The normalized spacial score (nSPS) is 16.3. The lowest BCUT2D eigenvalue weighted by Crippen LogP contribution is -2.15. The van der Waals surface area contributed by atoms with Crippen LogP contribution in [0.5, 0.6) is 0 Å². The minimum atomic E-state index is -2.74. The van der Waals surface area contributed by atoms with Crippen molar-refractivity contribution in [3.63, 3.8) is 0 Å². The van der Waals surface area contributed by atoms with Gasteiger partial charge >= 0.3 is 0 Å². The number of rotatable bonds is 1. The van der Waals surface area contributed by atoms with Crippen LogP contribution in [0.15, 0.2) is 17.4 Å². The first-order valence-corrected chi connectivity index (χ1v) is 6.24. The number of aromatic nitrogens is 2. The van der Waals surface area contributed by atoms with Gasteiger partial charge in [0.05, 0.1) is 15.4 Å². The average Bonchev–Trinajstić information content (AvgIpc) is 2.01. The van der Waals surface area contributed by atoms with Crippen molar-refractivity contribution in [3.05, 3.63) is 18.1 Å². The van der Waals surface area contributed by atoms with E-state index in [2.05, 4.69) is 9.97 Å². The van der Waals surface area contributed by atoms with E-state index < -0.39 is 9.73 Å². The van der Waals surface area contributed by atoms with E-state index in [0.29, 0.717) is 5.03 Å². The van der Waals surface area contributed by atoms with Crippen LogP contribution in [0.4, 0.5) is 0 Å². The van der Waals surface area contributed by atoms with Gasteiger partial charge < -0.3 is 0 Å². The van der Waals surface area contributed by atoms with Crippen LogP contribution in [0.3, 0.4) is 0 Å². The van der Waals surface area contributed by atoms with E-state index in [4.69, 9.17) is 4.78 Å². The van der Waals surface area contributed by atoms with Crippen LogP contribution < -0.4 is 0 Å². The molecule has 1 aromatic heterocycles. The van der Waals surface area contributed by atoms with Gasteiger partial charge in [0.2, 0.25) is 0 Å². The Morgan fingerprint density at radius 3 is 2.36 bits per heavy atom. The Kier molecular flexibility index (Phi) is 2.63. The molecule has 1 aromatic rings. The molecule has 0 fully saturated rings. The third-order valence-corrected chi connectivity index (χ3v) is 2.83. The van der Waals surface area contributed by atoms with E-state index in [1.165, 1.54) is 12.6 Å². The Morgan fingerprint density at radius 2 is 1.93 bits per heavy atom. The van der Waals surface area contributed by atoms with Gasteiger partial charge in [0.1, 0.15) is 11.4 Å². The first kappa shape index (κ1) is 11.1. The zero-order chi connectivity index (χ0) is 11.0. The van der Waals surface area contributed by atoms with Gasteiger partial charge in [-0.3, -0.25) is 0 Å². The lowest BCUT2D eigenvalue weighted by molar-refractivity contribution is 0.562. The molecule has 1 N–H and O–H groups in total. The smallest absolute Gasteiger partial charge is 0.138 e. The fraction of sp³-hybridized carbons (Fsp3) is 0.556. The zero-order valence-corrected chi connectivity index (χ0v) is 9.68. The van der Waals surface area contributed by atoms with Crippen LogP contribution in [0.1, 0.15) is 26.5 Å². The van der Waals surface area contributed by atoms with Gasteiger partial charge in [-0.25, -0.2) is 19.0 Å². The summed E-state index contributed by atoms with van der Waals surface area (Å²) in [4.78, 5) is 7.95. The third-order valence-electron chi connectivity index (χ3n) is 1.81. The second kappa shape index (κ2) is 3.31. The van der Waals surface area contributed by atoms with Crippen LogP contribution in [-0.4, -0.2) is 20.4 Å². The van der Waals surface area contributed by atoms with Gasteiger partial charge in [-0.15, -0.1) is 0 Å². The maximum absolute atomic E-state index is 11.4. The van der Waals surface area contributed by atoms with Gasteiger partial charge in [-0.2, -0.15) is 0 Å². The zero-order valence-electron chi connectivity index (χ0n) is 8.87. The summed E-state index contributed by atoms with van der Waals surface area (Å²) >= 11 is 0. The minimum absolute atomic E-state index is 0.109. The van der Waals surface area contributed by atoms with Gasteiger partial charge in [0, 0.05) is 11.7 Å². The Bertz CT molecular complexity index is 432. The highest BCUT2D eigenvalue weighted by atomic mass is 32.2. The van der Waals surface area contributed by atoms with E-state index in [1.54, 1.807) is 6.07 Å². The molecule has 0 saturated heterocycles. The van der Waals surface area contributed by atoms with Crippen molar-refractivity contribution >= 4 is 9.73 Å². The van der Waals surface area contributed by atoms with Crippen molar-refractivity contribution < 1.29 is 4.21 Å². The first-order chi connectivity index (χ1) is 6.21.